The topological polar surface area (TPSA) is 204 Å². The number of nitrogens with zero attached hydrogens (tertiary/aromatic N) is 6. The molecule has 4 aliphatic heterocycles. The van der Waals surface area contributed by atoms with Gasteiger partial charge in [0.25, 0.3) is 0 Å². The molecule has 2 saturated heterocycles. The fourth-order valence-electron chi connectivity index (χ4n) is 12.3. The maximum atomic E-state index is 17.2. The third-order valence-corrected chi connectivity index (χ3v) is 15.8. The van der Waals surface area contributed by atoms with Gasteiger partial charge in [0.1, 0.15) is 48.0 Å². The molecular weight excluding hydrogens is 1020 g/mol. The highest BCUT2D eigenvalue weighted by Crippen LogP contribution is 2.67. The molecule has 18 heteroatoms. The maximum Gasteiger partial charge on any atom is 0.329 e. The number of morpholine rings is 1. The van der Waals surface area contributed by atoms with E-state index in [0.29, 0.717) is 45.7 Å². The third-order valence-electron chi connectivity index (χ3n) is 15.8. The van der Waals surface area contributed by atoms with Crippen LogP contribution >= 0.6 is 0 Å². The fourth-order valence-corrected chi connectivity index (χ4v) is 12.3. The van der Waals surface area contributed by atoms with E-state index in [4.69, 9.17) is 23.7 Å². The van der Waals surface area contributed by atoms with Crippen LogP contribution in [0.5, 0.6) is 17.2 Å². The smallest absolute Gasteiger partial charge is 0.329 e. The highest BCUT2D eigenvalue weighted by atomic mass is 16.6. The minimum atomic E-state index is -2.21. The number of amides is 4. The molecule has 7 atom stereocenters. The number of cyclic esters (lactones) is 1. The van der Waals surface area contributed by atoms with E-state index in [0.717, 1.165) is 21.5 Å². The fraction of sp³-hybridized carbons (Fsp3) is 0.306. The summed E-state index contributed by atoms with van der Waals surface area (Å²) in [6.07, 6.45) is -0.619. The van der Waals surface area contributed by atoms with E-state index < -0.39 is 77.3 Å². The summed E-state index contributed by atoms with van der Waals surface area (Å²) < 4.78 is 31.4. The van der Waals surface area contributed by atoms with Gasteiger partial charge < -0.3 is 39.0 Å². The van der Waals surface area contributed by atoms with Crippen LogP contribution in [0.15, 0.2) is 140 Å². The van der Waals surface area contributed by atoms with E-state index in [9.17, 15) is 9.90 Å². The number of esters is 2. The minimum absolute atomic E-state index is 0.0570. The molecule has 0 unspecified atom stereocenters. The zero-order valence-electron chi connectivity index (χ0n) is 44.8. The van der Waals surface area contributed by atoms with E-state index in [2.05, 4.69) is 27.5 Å². The lowest BCUT2D eigenvalue weighted by molar-refractivity contribution is -0.179. The lowest BCUT2D eigenvalue weighted by atomic mass is 9.64. The van der Waals surface area contributed by atoms with Crippen LogP contribution in [0.1, 0.15) is 71.0 Å². The molecule has 4 amide bonds. The van der Waals surface area contributed by atoms with Crippen LogP contribution in [-0.2, 0) is 53.6 Å². The van der Waals surface area contributed by atoms with Crippen molar-refractivity contribution in [2.24, 2.45) is 11.8 Å². The molecule has 0 radical (unpaired) electrons. The largest absolute Gasteiger partial charge is 0.493 e. The first-order chi connectivity index (χ1) is 38.9. The number of carbonyl (C=O) groups excluding carboxylic acids is 5. The minimum Gasteiger partial charge on any atom is -0.493 e. The van der Waals surface area contributed by atoms with Crippen molar-refractivity contribution in [3.05, 3.63) is 178 Å². The second-order valence-corrected chi connectivity index (χ2v) is 20.5. The number of carbonyl (C=O) groups is 5. The molecule has 408 valence electrons. The van der Waals surface area contributed by atoms with Gasteiger partial charge in [-0.25, -0.2) is 19.2 Å². The Kier molecular flexibility index (Phi) is 14.6. The number of aliphatic hydroxyl groups is 1. The quantitative estimate of drug-likeness (QED) is 0.0880. The van der Waals surface area contributed by atoms with Crippen molar-refractivity contribution in [1.82, 2.24) is 30.1 Å². The molecule has 11 rings (SSSR count). The number of rotatable bonds is 13. The average Bonchev–Trinajstić information content (AvgIpc) is 4.26. The van der Waals surface area contributed by atoms with Gasteiger partial charge in [0.05, 0.1) is 57.1 Å². The van der Waals surface area contributed by atoms with Crippen LogP contribution in [-0.4, -0.2) is 113 Å². The second-order valence-electron chi connectivity index (χ2n) is 20.5. The number of para-hydroxylation sites is 2. The predicted octanol–water partition coefficient (Wildman–Crippen LogP) is 7.03. The number of urea groups is 1. The number of imide groups is 1. The highest BCUT2D eigenvalue weighted by molar-refractivity contribution is 6.25. The zero-order valence-corrected chi connectivity index (χ0v) is 44.8. The molecule has 1 aromatic heterocycles. The first-order valence-electron chi connectivity index (χ1n) is 26.5. The number of aromatic nitrogens is 3. The summed E-state index contributed by atoms with van der Waals surface area (Å²) in [5, 5.41) is 21.7. The molecule has 0 aliphatic carbocycles. The van der Waals surface area contributed by atoms with Crippen molar-refractivity contribution in [3.8, 4) is 29.1 Å². The molecular formula is C62H59N7O11. The van der Waals surface area contributed by atoms with E-state index in [-0.39, 0.29) is 49.8 Å². The average molecular weight is 1080 g/mol. The first-order valence-corrected chi connectivity index (χ1v) is 26.5. The summed E-state index contributed by atoms with van der Waals surface area (Å²) in [5.41, 5.74) is 3.40. The Morgan fingerprint density at radius 1 is 0.812 bits per heavy atom. The lowest BCUT2D eigenvalue weighted by Gasteiger charge is -2.46. The van der Waals surface area contributed by atoms with Crippen molar-refractivity contribution in [2.45, 2.75) is 69.0 Å². The molecule has 7 aromatic rings. The van der Waals surface area contributed by atoms with Gasteiger partial charge in [0.15, 0.2) is 11.5 Å². The van der Waals surface area contributed by atoms with Gasteiger partial charge in [-0.3, -0.25) is 19.3 Å². The lowest BCUT2D eigenvalue weighted by Crippen LogP contribution is -2.58. The molecule has 0 bridgehead atoms. The molecule has 4 aliphatic rings. The maximum absolute atomic E-state index is 17.2. The number of hydrogen-bond acceptors (Lipinski definition) is 14. The Morgan fingerprint density at radius 3 is 2.21 bits per heavy atom. The molecule has 5 heterocycles. The standard InChI is InChI=1S/C62H59N7O11/c1-37(2)52(58(72)78-5)63-61(75)68-46-27-26-38(17-16-29-67-47-24-14-13-23-45(47)64-65-67)33-44(46)62(60(68)74)51(57(71)66-30-28-41-34-49(76-3)50(77-4)35-42(41)36-66)54-59(73)80-55(40-20-10-7-11-21-40)53(39-18-8-6-9-19-39)69(54)56(62)43-22-12-15-25-48(43)79-32-31-70/h6-15,18-27,33-35,37,51-56,70H,28-32,36H2,1-5H3,(H,63,75)/t51-,52-,53-,54-,55+,56+,62-/m0/s1. The van der Waals surface area contributed by atoms with Gasteiger partial charge in [0, 0.05) is 24.2 Å². The van der Waals surface area contributed by atoms with Crippen molar-refractivity contribution in [1.29, 1.82) is 0 Å². The number of hydrogen-bond donors (Lipinski definition) is 2. The van der Waals surface area contributed by atoms with E-state index in [1.807, 2.05) is 102 Å². The second kappa shape index (κ2) is 22.0. The third kappa shape index (κ3) is 9.01. The summed E-state index contributed by atoms with van der Waals surface area (Å²) >= 11 is 0. The Hall–Kier alpha value is -9.05. The molecule has 1 spiro atoms. The van der Waals surface area contributed by atoms with Gasteiger partial charge >= 0.3 is 18.0 Å². The molecule has 6 aromatic carbocycles. The van der Waals surface area contributed by atoms with E-state index >= 15 is 19.2 Å². The Balaban J connectivity index is 1.20. The van der Waals surface area contributed by atoms with Gasteiger partial charge in [-0.2, -0.15) is 0 Å². The Labute approximate surface area is 462 Å². The van der Waals surface area contributed by atoms with Gasteiger partial charge in [-0.05, 0) is 88.7 Å². The number of anilines is 1. The van der Waals surface area contributed by atoms with Gasteiger partial charge in [0.2, 0.25) is 11.8 Å². The Bertz CT molecular complexity index is 3600. The summed E-state index contributed by atoms with van der Waals surface area (Å²) in [6.45, 7) is 3.33. The number of aliphatic hydroxyl groups excluding tert-OH is 1. The summed E-state index contributed by atoms with van der Waals surface area (Å²) in [6, 6.07) is 36.1. The Morgan fingerprint density at radius 2 is 1.50 bits per heavy atom. The van der Waals surface area contributed by atoms with Crippen LogP contribution in [0.25, 0.3) is 11.0 Å². The number of nitrogens with one attached hydrogen (secondary N) is 1. The van der Waals surface area contributed by atoms with Gasteiger partial charge in [-0.15, -0.1) is 5.10 Å². The predicted molar refractivity (Wildman–Crippen MR) is 293 cm³/mol. The van der Waals surface area contributed by atoms with Crippen LogP contribution in [0.3, 0.4) is 0 Å². The highest BCUT2D eigenvalue weighted by Gasteiger charge is 2.76. The molecule has 2 fully saturated rings. The number of ether oxygens (including phenoxy) is 5. The zero-order chi connectivity index (χ0) is 55.8. The molecule has 2 N–H and O–H groups in total. The van der Waals surface area contributed by atoms with Crippen molar-refractivity contribution in [2.75, 3.05) is 46.0 Å². The van der Waals surface area contributed by atoms with Gasteiger partial charge in [-0.1, -0.05) is 122 Å². The molecule has 18 nitrogen and oxygen atoms in total. The number of benzene rings is 6. The van der Waals surface area contributed by atoms with E-state index in [1.54, 1.807) is 73.0 Å². The van der Waals surface area contributed by atoms with Crippen molar-refractivity contribution < 1.29 is 52.8 Å². The van der Waals surface area contributed by atoms with E-state index in [1.165, 1.54) is 14.2 Å². The summed E-state index contributed by atoms with van der Waals surface area (Å²) in [5.74, 6) is 2.68. The first kappa shape index (κ1) is 53.0. The summed E-state index contributed by atoms with van der Waals surface area (Å²) in [4.78, 5) is 83.3. The number of fused-ring (bicyclic) bond motifs is 5. The normalized spacial score (nSPS) is 21.5. The van der Waals surface area contributed by atoms with Crippen LogP contribution in [0, 0.1) is 23.7 Å². The van der Waals surface area contributed by atoms with Crippen LogP contribution in [0.4, 0.5) is 10.5 Å². The van der Waals surface area contributed by atoms with Crippen molar-refractivity contribution >= 4 is 46.5 Å². The SMILES string of the molecule is COC(=O)[C@@H](NC(=O)N1C(=O)[C@@]2(c3cc(C#CCn4nnc5ccccc54)ccc31)[C@H](C(=O)N1CCc3cc(OC)c(OC)cc3C1)[C@H]1C(=O)O[C@H](c3ccccc3)[C@H](c3ccccc3)N1[C@@H]2c1ccccc1OCCO)C(C)C. The van der Waals surface area contributed by atoms with Crippen LogP contribution in [0.2, 0.25) is 0 Å². The van der Waals surface area contributed by atoms with Crippen LogP contribution < -0.4 is 24.4 Å². The van der Waals surface area contributed by atoms with Crippen molar-refractivity contribution in [3.63, 3.8) is 0 Å². The monoisotopic (exact) mass is 1080 g/mol. The summed E-state index contributed by atoms with van der Waals surface area (Å²) in [7, 11) is 4.30. The molecule has 80 heavy (non-hydrogen) atoms. The molecule has 0 saturated carbocycles. The number of methoxy groups -OCH3 is 3.